The summed E-state index contributed by atoms with van der Waals surface area (Å²) in [7, 11) is -1.81. The first-order chi connectivity index (χ1) is 12.8. The molecule has 0 aliphatic rings. The average Bonchev–Trinajstić information content (AvgIpc) is 3.04. The molecule has 0 atom stereocenters. The molecule has 0 aliphatic carbocycles. The predicted octanol–water partition coefficient (Wildman–Crippen LogP) is 2.58. The molecule has 3 aromatic rings. The second-order valence-electron chi connectivity index (χ2n) is 5.89. The molecule has 2 heterocycles. The van der Waals surface area contributed by atoms with Gasteiger partial charge in [0.1, 0.15) is 0 Å². The van der Waals surface area contributed by atoms with Crippen molar-refractivity contribution >= 4 is 46.2 Å². The third-order valence-electron chi connectivity index (χ3n) is 3.91. The van der Waals surface area contributed by atoms with E-state index in [2.05, 4.69) is 9.97 Å². The van der Waals surface area contributed by atoms with Crippen LogP contribution in [0.4, 0.5) is 5.13 Å². The second kappa shape index (κ2) is 7.92. The van der Waals surface area contributed by atoms with Crippen molar-refractivity contribution in [3.63, 3.8) is 0 Å². The minimum atomic E-state index is -3.41. The van der Waals surface area contributed by atoms with Crippen molar-refractivity contribution in [1.82, 2.24) is 9.97 Å². The number of aromatic nitrogens is 2. The van der Waals surface area contributed by atoms with Crippen molar-refractivity contribution in [2.24, 2.45) is 0 Å². The fraction of sp³-hybridized carbons (Fsp3) is 0.167. The zero-order valence-corrected chi connectivity index (χ0v) is 18.2. The summed E-state index contributed by atoms with van der Waals surface area (Å²) >= 11 is 2.64. The van der Waals surface area contributed by atoms with Crippen LogP contribution in [0.1, 0.15) is 11.3 Å². The zero-order chi connectivity index (χ0) is 19.6. The molecule has 0 saturated carbocycles. The summed E-state index contributed by atoms with van der Waals surface area (Å²) in [6.07, 6.45) is 1.93. The number of carbonyl (C=O) groups is 1. The van der Waals surface area contributed by atoms with Gasteiger partial charge in [-0.25, -0.2) is 0 Å². The number of aryl methyl sites for hydroxylation is 1. The van der Waals surface area contributed by atoms with E-state index in [1.54, 1.807) is 35.9 Å². The van der Waals surface area contributed by atoms with Crippen LogP contribution in [0.25, 0.3) is 11.3 Å². The number of nitrogens with zero attached hydrogens (tertiary/aromatic N) is 3. The molecule has 1 amide bonds. The molecule has 0 fully saturated rings. The number of likely N-dealkylation sites (N-methyl/N-ethyl adjacent to an activating group) is 1. The van der Waals surface area contributed by atoms with E-state index in [1.807, 2.05) is 42.5 Å². The molecule has 0 unspecified atom stereocenters. The van der Waals surface area contributed by atoms with E-state index in [0.717, 1.165) is 28.2 Å². The Morgan fingerprint density at radius 3 is 2.44 bits per heavy atom. The Labute approximate surface area is 169 Å². The second-order valence-corrected chi connectivity index (χ2v) is 11.5. The number of rotatable bonds is 5. The number of anilines is 1. The van der Waals surface area contributed by atoms with Gasteiger partial charge in [0, 0.05) is 6.20 Å². The molecular weight excluding hydrogens is 445 g/mol. The number of pyridine rings is 1. The molecule has 2 aromatic heterocycles. The summed E-state index contributed by atoms with van der Waals surface area (Å²) < 4.78 is 23.6. The Hall–Kier alpha value is -2.02. The van der Waals surface area contributed by atoms with Crippen molar-refractivity contribution in [2.45, 2.75) is 17.6 Å². The summed E-state index contributed by atoms with van der Waals surface area (Å²) in [5.74, 6) is -0.163. The molecule has 138 valence electrons. The van der Waals surface area contributed by atoms with Gasteiger partial charge in [0.2, 0.25) is 0 Å². The van der Waals surface area contributed by atoms with Crippen molar-refractivity contribution in [1.29, 1.82) is 0 Å². The van der Waals surface area contributed by atoms with E-state index in [9.17, 15) is 13.2 Å². The summed E-state index contributed by atoms with van der Waals surface area (Å²) in [6, 6.07) is 13.4. The van der Waals surface area contributed by atoms with Gasteiger partial charge < -0.3 is 0 Å². The Kier molecular flexibility index (Phi) is 5.79. The number of hydrogen-bond donors (Lipinski definition) is 0. The molecule has 0 aliphatic heterocycles. The first-order valence-electron chi connectivity index (χ1n) is 7.97. The number of amides is 1. The van der Waals surface area contributed by atoms with Gasteiger partial charge in [0.25, 0.3) is 0 Å². The van der Waals surface area contributed by atoms with Crippen LogP contribution >= 0.6 is 11.3 Å². The fourth-order valence-electron chi connectivity index (χ4n) is 2.48. The first-order valence-corrected chi connectivity index (χ1v) is 12.5. The van der Waals surface area contributed by atoms with Gasteiger partial charge in [0.05, 0.1) is 0 Å². The molecular formula is C18H16AsN3O3S2. The molecule has 6 nitrogen and oxygen atoms in total. The SMILES string of the molecule is Cc1nc(N(C)C(=O)Cc2ccc(-c3ccccn3)cc2)sc1S(=O)(=O)[As]. The van der Waals surface area contributed by atoms with Crippen molar-refractivity contribution in [2.75, 3.05) is 11.9 Å². The van der Waals surface area contributed by atoms with E-state index in [0.29, 0.717) is 10.8 Å². The summed E-state index contributed by atoms with van der Waals surface area (Å²) in [5, 5.41) is 0.368. The Balaban J connectivity index is 1.73. The maximum absolute atomic E-state index is 12.6. The fourth-order valence-corrected chi connectivity index (χ4v) is 5.86. The zero-order valence-electron chi connectivity index (χ0n) is 14.7. The Morgan fingerprint density at radius 2 is 1.89 bits per heavy atom. The van der Waals surface area contributed by atoms with Crippen LogP contribution in [0.3, 0.4) is 0 Å². The monoisotopic (exact) mass is 461 g/mol. The van der Waals surface area contributed by atoms with Crippen LogP contribution in [0, 0.1) is 6.92 Å². The van der Waals surface area contributed by atoms with Gasteiger partial charge >= 0.3 is 141 Å². The molecule has 2 radical (unpaired) electrons. The van der Waals surface area contributed by atoms with Gasteiger partial charge in [-0.2, -0.15) is 0 Å². The van der Waals surface area contributed by atoms with Crippen LogP contribution < -0.4 is 4.90 Å². The third kappa shape index (κ3) is 4.64. The van der Waals surface area contributed by atoms with Crippen LogP contribution in [0.15, 0.2) is 52.9 Å². The normalized spacial score (nSPS) is 11.4. The molecule has 0 bridgehead atoms. The molecule has 0 N–H and O–H groups in total. The summed E-state index contributed by atoms with van der Waals surface area (Å²) in [5.41, 5.74) is 3.11. The van der Waals surface area contributed by atoms with Crippen LogP contribution in [-0.2, 0) is 19.3 Å². The number of carbonyl (C=O) groups excluding carboxylic acids is 1. The van der Waals surface area contributed by atoms with Gasteiger partial charge in [0.15, 0.2) is 0 Å². The van der Waals surface area contributed by atoms with Crippen LogP contribution in [-0.4, -0.2) is 47.0 Å². The van der Waals surface area contributed by atoms with E-state index >= 15 is 0 Å². The molecule has 27 heavy (non-hydrogen) atoms. The predicted molar refractivity (Wildman–Crippen MR) is 107 cm³/mol. The quantitative estimate of drug-likeness (QED) is 0.546. The number of hydrogen-bond acceptors (Lipinski definition) is 6. The van der Waals surface area contributed by atoms with Gasteiger partial charge in [-0.3, -0.25) is 4.98 Å². The number of thiazole rings is 1. The van der Waals surface area contributed by atoms with Gasteiger partial charge in [-0.15, -0.1) is 0 Å². The van der Waals surface area contributed by atoms with Crippen LogP contribution in [0.2, 0.25) is 0 Å². The Morgan fingerprint density at radius 1 is 1.19 bits per heavy atom. The standard InChI is InChI=1S/C18H16AsN3O3S2/c1-12-17(27(19,24)25)26-18(21-12)22(2)16(23)11-13-6-8-14(9-7-13)15-5-3-4-10-20-15/h3-10H,11H2,1-2H3. The first kappa shape index (κ1) is 19.7. The molecule has 0 saturated heterocycles. The van der Waals surface area contributed by atoms with E-state index in [-0.39, 0.29) is 16.5 Å². The topological polar surface area (TPSA) is 80.2 Å². The molecule has 0 spiro atoms. The number of benzene rings is 1. The van der Waals surface area contributed by atoms with E-state index in [1.165, 1.54) is 4.90 Å². The summed E-state index contributed by atoms with van der Waals surface area (Å²) in [6.45, 7) is 1.62. The molecule has 9 heteroatoms. The van der Waals surface area contributed by atoms with Gasteiger partial charge in [-0.1, -0.05) is 6.07 Å². The third-order valence-corrected chi connectivity index (χ3v) is 8.56. The maximum atomic E-state index is 12.6. The summed E-state index contributed by atoms with van der Waals surface area (Å²) in [4.78, 5) is 22.5. The molecule has 3 rings (SSSR count). The van der Waals surface area contributed by atoms with Crippen molar-refractivity contribution < 1.29 is 13.2 Å². The van der Waals surface area contributed by atoms with Crippen molar-refractivity contribution in [3.8, 4) is 11.3 Å². The Bertz CT molecular complexity index is 1060. The minimum absolute atomic E-state index is 0.163. The molecule has 1 aromatic carbocycles. The van der Waals surface area contributed by atoms with Gasteiger partial charge in [-0.05, 0) is 12.1 Å². The van der Waals surface area contributed by atoms with Crippen LogP contribution in [0.5, 0.6) is 0 Å². The average molecular weight is 461 g/mol. The van der Waals surface area contributed by atoms with E-state index in [4.69, 9.17) is 0 Å². The van der Waals surface area contributed by atoms with E-state index < -0.39 is 8.10 Å². The van der Waals surface area contributed by atoms with Crippen molar-refractivity contribution in [3.05, 3.63) is 59.9 Å².